The molecule has 2 aromatic carbocycles. The van der Waals surface area contributed by atoms with Gasteiger partial charge in [0, 0.05) is 11.6 Å². The molecular formula is C22H20ClF6NO4S. The minimum Gasteiger partial charge on any atom is -0.404 e. The van der Waals surface area contributed by atoms with E-state index in [-0.39, 0.29) is 28.3 Å². The fourth-order valence-corrected chi connectivity index (χ4v) is 5.76. The first-order valence-corrected chi connectivity index (χ1v) is 12.4. The van der Waals surface area contributed by atoms with Crippen molar-refractivity contribution in [1.29, 1.82) is 0 Å². The average molecular weight is 544 g/mol. The van der Waals surface area contributed by atoms with E-state index in [0.717, 1.165) is 30.3 Å². The van der Waals surface area contributed by atoms with Gasteiger partial charge in [0.15, 0.2) is 9.84 Å². The molecule has 13 heteroatoms. The zero-order chi connectivity index (χ0) is 26.0. The molecule has 0 spiro atoms. The molecule has 0 bridgehead atoms. The Kier molecular flexibility index (Phi) is 7.95. The van der Waals surface area contributed by atoms with Crippen molar-refractivity contribution >= 4 is 27.3 Å². The third kappa shape index (κ3) is 7.50. The monoisotopic (exact) mass is 543 g/mol. The average Bonchev–Trinajstić information content (AvgIpc) is 2.75. The summed E-state index contributed by atoms with van der Waals surface area (Å²) in [6.45, 7) is 0. The van der Waals surface area contributed by atoms with Crippen molar-refractivity contribution in [3.8, 4) is 5.75 Å². The van der Waals surface area contributed by atoms with Crippen molar-refractivity contribution < 1.29 is 44.3 Å². The lowest BCUT2D eigenvalue weighted by molar-refractivity contribution is -0.274. The Bertz CT molecular complexity index is 1180. The number of benzene rings is 2. The van der Waals surface area contributed by atoms with Crippen molar-refractivity contribution in [2.45, 2.75) is 49.2 Å². The highest BCUT2D eigenvalue weighted by Gasteiger charge is 2.34. The van der Waals surface area contributed by atoms with E-state index >= 15 is 0 Å². The molecule has 1 aliphatic carbocycles. The molecule has 1 fully saturated rings. The quantitative estimate of drug-likeness (QED) is 0.452. The molecule has 0 aliphatic heterocycles. The lowest BCUT2D eigenvalue weighted by Gasteiger charge is -2.29. The SMILES string of the molecule is O=C(NC1CCC(CS(=O)(=O)c2cccc(C(F)(F)F)c2)CC1)c1ccc(Cl)c(OC(F)(F)F)c1. The summed E-state index contributed by atoms with van der Waals surface area (Å²) in [7, 11) is -3.96. The summed E-state index contributed by atoms with van der Waals surface area (Å²) in [5.41, 5.74) is -1.14. The summed E-state index contributed by atoms with van der Waals surface area (Å²) in [6, 6.07) is 6.46. The summed E-state index contributed by atoms with van der Waals surface area (Å²) < 4.78 is 105. The van der Waals surface area contributed by atoms with Crippen molar-refractivity contribution in [3.05, 3.63) is 58.6 Å². The van der Waals surface area contributed by atoms with Crippen LogP contribution in [0.2, 0.25) is 5.02 Å². The van der Waals surface area contributed by atoms with E-state index in [4.69, 9.17) is 11.6 Å². The van der Waals surface area contributed by atoms with Gasteiger partial charge in [-0.05, 0) is 68.0 Å². The van der Waals surface area contributed by atoms with Gasteiger partial charge in [0.2, 0.25) is 0 Å². The molecule has 1 saturated carbocycles. The number of halogens is 7. The van der Waals surface area contributed by atoms with Crippen LogP contribution in [0, 0.1) is 5.92 Å². The number of hydrogen-bond acceptors (Lipinski definition) is 4. The minimum atomic E-state index is -4.98. The Labute approximate surface area is 202 Å². The van der Waals surface area contributed by atoms with Crippen LogP contribution in [-0.4, -0.2) is 32.5 Å². The van der Waals surface area contributed by atoms with E-state index in [1.807, 2.05) is 0 Å². The fourth-order valence-electron chi connectivity index (χ4n) is 3.86. The van der Waals surface area contributed by atoms with Gasteiger partial charge in [-0.15, -0.1) is 13.2 Å². The van der Waals surface area contributed by atoms with Gasteiger partial charge in [-0.3, -0.25) is 4.79 Å². The maximum Gasteiger partial charge on any atom is 0.573 e. The van der Waals surface area contributed by atoms with Crippen LogP contribution < -0.4 is 10.1 Å². The van der Waals surface area contributed by atoms with Crippen LogP contribution in [0.4, 0.5) is 26.3 Å². The first-order chi connectivity index (χ1) is 16.1. The highest BCUT2D eigenvalue weighted by Crippen LogP contribution is 2.33. The van der Waals surface area contributed by atoms with Crippen LogP contribution in [0.1, 0.15) is 41.6 Å². The second kappa shape index (κ2) is 10.3. The predicted octanol–water partition coefficient (Wildman–Crippen LogP) is 6.02. The van der Waals surface area contributed by atoms with Crippen LogP contribution in [0.5, 0.6) is 5.75 Å². The zero-order valence-electron chi connectivity index (χ0n) is 17.9. The number of alkyl halides is 6. The van der Waals surface area contributed by atoms with Crippen molar-refractivity contribution in [3.63, 3.8) is 0 Å². The molecular weight excluding hydrogens is 524 g/mol. The van der Waals surface area contributed by atoms with Crippen molar-refractivity contribution in [1.82, 2.24) is 5.32 Å². The van der Waals surface area contributed by atoms with Gasteiger partial charge in [-0.2, -0.15) is 13.2 Å². The van der Waals surface area contributed by atoms with E-state index in [0.29, 0.717) is 31.7 Å². The zero-order valence-corrected chi connectivity index (χ0v) is 19.5. The number of ether oxygens (including phenoxy) is 1. The minimum absolute atomic E-state index is 0.0945. The van der Waals surface area contributed by atoms with Crippen molar-refractivity contribution in [2.75, 3.05) is 5.75 Å². The summed E-state index contributed by atoms with van der Waals surface area (Å²) in [4.78, 5) is 12.1. The number of amides is 1. The number of carbonyl (C=O) groups is 1. The van der Waals surface area contributed by atoms with Gasteiger partial charge in [0.25, 0.3) is 5.91 Å². The topological polar surface area (TPSA) is 72.5 Å². The second-order valence-corrected chi connectivity index (χ2v) is 10.6. The molecule has 0 unspecified atom stereocenters. The van der Waals surface area contributed by atoms with Gasteiger partial charge in [0.1, 0.15) is 5.75 Å². The molecule has 2 aromatic rings. The molecule has 5 nitrogen and oxygen atoms in total. The van der Waals surface area contributed by atoms with Gasteiger partial charge in [0.05, 0.1) is 21.2 Å². The Hall–Kier alpha value is -2.47. The molecule has 1 amide bonds. The summed E-state index contributed by atoms with van der Waals surface area (Å²) in [5, 5.41) is 2.37. The normalized spacial score (nSPS) is 19.3. The maximum atomic E-state index is 12.9. The molecule has 192 valence electrons. The summed E-state index contributed by atoms with van der Waals surface area (Å²) in [5.74, 6) is -2.00. The fraction of sp³-hybridized carbons (Fsp3) is 0.409. The second-order valence-electron chi connectivity index (χ2n) is 8.19. The first kappa shape index (κ1) is 27.1. The Morgan fingerprint density at radius 1 is 1.00 bits per heavy atom. The van der Waals surface area contributed by atoms with Gasteiger partial charge in [-0.25, -0.2) is 8.42 Å². The van der Waals surface area contributed by atoms with Crippen molar-refractivity contribution in [2.24, 2.45) is 5.92 Å². The highest BCUT2D eigenvalue weighted by molar-refractivity contribution is 7.91. The van der Waals surface area contributed by atoms with Gasteiger partial charge < -0.3 is 10.1 Å². The van der Waals surface area contributed by atoms with Crippen LogP contribution in [0.3, 0.4) is 0 Å². The molecule has 0 saturated heterocycles. The van der Waals surface area contributed by atoms with E-state index in [1.165, 1.54) is 6.07 Å². The number of nitrogens with one attached hydrogen (secondary N) is 1. The van der Waals surface area contributed by atoms with Crippen LogP contribution in [0.25, 0.3) is 0 Å². The first-order valence-electron chi connectivity index (χ1n) is 10.4. The van der Waals surface area contributed by atoms with E-state index in [2.05, 4.69) is 10.1 Å². The Balaban J connectivity index is 1.58. The summed E-state index contributed by atoms with van der Waals surface area (Å²) in [6.07, 6.45) is -8.06. The Morgan fingerprint density at radius 3 is 2.26 bits per heavy atom. The summed E-state index contributed by atoms with van der Waals surface area (Å²) >= 11 is 5.68. The predicted molar refractivity (Wildman–Crippen MR) is 115 cm³/mol. The number of carbonyl (C=O) groups excluding carboxylic acids is 1. The molecule has 35 heavy (non-hydrogen) atoms. The number of sulfone groups is 1. The van der Waals surface area contributed by atoms with Crippen LogP contribution >= 0.6 is 11.6 Å². The standard InChI is InChI=1S/C22H20ClF6NO4S/c23-18-9-6-14(10-19(18)34-22(27,28)29)20(31)30-16-7-4-13(5-8-16)12-35(32,33)17-3-1-2-15(11-17)21(24,25)26/h1-3,6,9-11,13,16H,4-5,7-8,12H2,(H,30,31). The van der Waals surface area contributed by atoms with E-state index in [1.54, 1.807) is 0 Å². The molecule has 1 N–H and O–H groups in total. The molecule has 3 rings (SSSR count). The van der Waals surface area contributed by atoms with Gasteiger partial charge in [-0.1, -0.05) is 17.7 Å². The molecule has 1 aliphatic rings. The van der Waals surface area contributed by atoms with Gasteiger partial charge >= 0.3 is 12.5 Å². The lowest BCUT2D eigenvalue weighted by atomic mass is 9.87. The van der Waals surface area contributed by atoms with Crippen LogP contribution in [-0.2, 0) is 16.0 Å². The molecule has 0 heterocycles. The van der Waals surface area contributed by atoms with Crippen LogP contribution in [0.15, 0.2) is 47.4 Å². The third-order valence-corrected chi connectivity index (χ3v) is 7.77. The number of rotatable bonds is 6. The number of hydrogen-bond donors (Lipinski definition) is 1. The molecule has 0 atom stereocenters. The smallest absolute Gasteiger partial charge is 0.404 e. The molecule has 0 aromatic heterocycles. The van der Waals surface area contributed by atoms with E-state index < -0.39 is 44.5 Å². The highest BCUT2D eigenvalue weighted by atomic mass is 35.5. The lowest BCUT2D eigenvalue weighted by Crippen LogP contribution is -2.38. The molecule has 0 radical (unpaired) electrons. The van der Waals surface area contributed by atoms with E-state index in [9.17, 15) is 39.6 Å². The largest absolute Gasteiger partial charge is 0.573 e. The maximum absolute atomic E-state index is 12.9. The Morgan fingerprint density at radius 2 is 1.66 bits per heavy atom. The third-order valence-electron chi connectivity index (χ3n) is 5.58.